The first kappa shape index (κ1) is 15.6. The second kappa shape index (κ2) is 6.77. The van der Waals surface area contributed by atoms with Gasteiger partial charge in [0.1, 0.15) is 12.4 Å². The molecule has 2 N–H and O–H groups in total. The van der Waals surface area contributed by atoms with Gasteiger partial charge >= 0.3 is 0 Å². The molecule has 2 nitrogen and oxygen atoms in total. The molecular formula is C19H25NO. The van der Waals surface area contributed by atoms with Crippen molar-refractivity contribution in [3.8, 4) is 5.75 Å². The molecule has 0 saturated heterocycles. The summed E-state index contributed by atoms with van der Waals surface area (Å²) in [6.07, 6.45) is 0.926. The lowest BCUT2D eigenvalue weighted by Gasteiger charge is -2.19. The first-order valence-electron chi connectivity index (χ1n) is 7.50. The molecule has 0 aliphatic carbocycles. The van der Waals surface area contributed by atoms with Crippen LogP contribution in [0.3, 0.4) is 0 Å². The van der Waals surface area contributed by atoms with Crippen LogP contribution < -0.4 is 10.5 Å². The van der Waals surface area contributed by atoms with Crippen LogP contribution in [0.2, 0.25) is 0 Å². The van der Waals surface area contributed by atoms with Gasteiger partial charge in [-0.2, -0.15) is 0 Å². The van der Waals surface area contributed by atoms with E-state index < -0.39 is 0 Å². The Bertz CT molecular complexity index is 550. The van der Waals surface area contributed by atoms with E-state index in [9.17, 15) is 0 Å². The molecule has 21 heavy (non-hydrogen) atoms. The van der Waals surface area contributed by atoms with Crippen molar-refractivity contribution in [2.75, 3.05) is 6.54 Å². The van der Waals surface area contributed by atoms with Crippen molar-refractivity contribution >= 4 is 0 Å². The highest BCUT2D eigenvalue weighted by molar-refractivity contribution is 5.31. The van der Waals surface area contributed by atoms with Crippen molar-refractivity contribution in [3.63, 3.8) is 0 Å². The summed E-state index contributed by atoms with van der Waals surface area (Å²) in [4.78, 5) is 0. The van der Waals surface area contributed by atoms with E-state index in [1.165, 1.54) is 16.7 Å². The Hall–Kier alpha value is -1.80. The molecule has 0 fully saturated rings. The molecular weight excluding hydrogens is 258 g/mol. The zero-order valence-corrected chi connectivity index (χ0v) is 13.2. The minimum Gasteiger partial charge on any atom is -0.489 e. The van der Waals surface area contributed by atoms with Gasteiger partial charge in [-0.25, -0.2) is 0 Å². The van der Waals surface area contributed by atoms with Crippen LogP contribution in [0.15, 0.2) is 48.5 Å². The molecule has 2 rings (SSSR count). The van der Waals surface area contributed by atoms with Crippen LogP contribution in [0.4, 0.5) is 0 Å². The minimum absolute atomic E-state index is 0.178. The Kier molecular flexibility index (Phi) is 5.03. The zero-order chi connectivity index (χ0) is 15.3. The normalized spacial score (nSPS) is 11.4. The SMILES string of the molecule is CC(C)(C)c1ccc(OCc2ccc(CCN)cc2)cc1. The molecule has 0 spiro atoms. The molecule has 0 radical (unpaired) electrons. The number of hydrogen-bond acceptors (Lipinski definition) is 2. The van der Waals surface area contributed by atoms with Crippen LogP contribution in [0, 0.1) is 0 Å². The molecule has 0 bridgehead atoms. The van der Waals surface area contributed by atoms with Crippen molar-refractivity contribution in [1.82, 2.24) is 0 Å². The fourth-order valence-electron chi connectivity index (χ4n) is 2.19. The highest BCUT2D eigenvalue weighted by atomic mass is 16.5. The summed E-state index contributed by atoms with van der Waals surface area (Å²) in [5.74, 6) is 0.911. The number of ether oxygens (including phenoxy) is 1. The number of rotatable bonds is 5. The molecule has 0 aliphatic rings. The van der Waals surface area contributed by atoms with E-state index >= 15 is 0 Å². The quantitative estimate of drug-likeness (QED) is 0.898. The van der Waals surface area contributed by atoms with E-state index in [0.29, 0.717) is 13.2 Å². The smallest absolute Gasteiger partial charge is 0.119 e. The van der Waals surface area contributed by atoms with Gasteiger partial charge in [0, 0.05) is 0 Å². The Morgan fingerprint density at radius 3 is 1.95 bits per heavy atom. The van der Waals surface area contributed by atoms with Gasteiger partial charge in [0.05, 0.1) is 0 Å². The van der Waals surface area contributed by atoms with E-state index in [4.69, 9.17) is 10.5 Å². The fraction of sp³-hybridized carbons (Fsp3) is 0.368. The summed E-state index contributed by atoms with van der Waals surface area (Å²) in [7, 11) is 0. The lowest BCUT2D eigenvalue weighted by Crippen LogP contribution is -2.10. The third-order valence-electron chi connectivity index (χ3n) is 3.58. The van der Waals surface area contributed by atoms with Crippen LogP contribution in [-0.2, 0) is 18.4 Å². The van der Waals surface area contributed by atoms with Crippen molar-refractivity contribution < 1.29 is 4.74 Å². The molecule has 2 aromatic rings. The number of hydrogen-bond donors (Lipinski definition) is 1. The Balaban J connectivity index is 1.93. The van der Waals surface area contributed by atoms with Crippen molar-refractivity contribution in [2.45, 2.75) is 39.2 Å². The van der Waals surface area contributed by atoms with Gasteiger partial charge < -0.3 is 10.5 Å². The average molecular weight is 283 g/mol. The number of benzene rings is 2. The van der Waals surface area contributed by atoms with E-state index in [1.54, 1.807) is 0 Å². The predicted octanol–water partition coefficient (Wildman–Crippen LogP) is 4.06. The maximum atomic E-state index is 5.83. The van der Waals surface area contributed by atoms with Crippen LogP contribution in [0.1, 0.15) is 37.5 Å². The fourth-order valence-corrected chi connectivity index (χ4v) is 2.19. The van der Waals surface area contributed by atoms with Gasteiger partial charge in [0.2, 0.25) is 0 Å². The van der Waals surface area contributed by atoms with Gasteiger partial charge in [-0.05, 0) is 47.2 Å². The van der Waals surface area contributed by atoms with Crippen LogP contribution >= 0.6 is 0 Å². The first-order chi connectivity index (χ1) is 9.99. The first-order valence-corrected chi connectivity index (χ1v) is 7.50. The summed E-state index contributed by atoms with van der Waals surface area (Å²) in [6.45, 7) is 7.93. The molecule has 2 aromatic carbocycles. The molecule has 0 amide bonds. The Morgan fingerprint density at radius 1 is 0.857 bits per heavy atom. The predicted molar refractivity (Wildman–Crippen MR) is 88.7 cm³/mol. The standard InChI is InChI=1S/C19H25NO/c1-19(2,3)17-8-10-18(11-9-17)21-14-16-6-4-15(5-7-16)12-13-20/h4-11H,12-14,20H2,1-3H3. The molecule has 0 aliphatic heterocycles. The second-order valence-electron chi connectivity index (χ2n) is 6.42. The van der Waals surface area contributed by atoms with Gasteiger partial charge in [0.15, 0.2) is 0 Å². The third kappa shape index (κ3) is 4.61. The lowest BCUT2D eigenvalue weighted by molar-refractivity contribution is 0.306. The third-order valence-corrected chi connectivity index (χ3v) is 3.58. The second-order valence-corrected chi connectivity index (χ2v) is 6.42. The van der Waals surface area contributed by atoms with E-state index in [2.05, 4.69) is 57.2 Å². The summed E-state index contributed by atoms with van der Waals surface area (Å²) in [5, 5.41) is 0. The Labute approximate surface area is 127 Å². The molecule has 2 heteroatoms. The van der Waals surface area contributed by atoms with E-state index in [-0.39, 0.29) is 5.41 Å². The molecule has 0 aromatic heterocycles. The summed E-state index contributed by atoms with van der Waals surface area (Å²) in [5.41, 5.74) is 9.50. The Morgan fingerprint density at radius 2 is 1.43 bits per heavy atom. The minimum atomic E-state index is 0.178. The monoisotopic (exact) mass is 283 g/mol. The van der Waals surface area contributed by atoms with Crippen LogP contribution in [0.5, 0.6) is 5.75 Å². The van der Waals surface area contributed by atoms with Gasteiger partial charge in [-0.15, -0.1) is 0 Å². The summed E-state index contributed by atoms with van der Waals surface area (Å²) < 4.78 is 5.83. The van der Waals surface area contributed by atoms with Crippen molar-refractivity contribution in [2.24, 2.45) is 5.73 Å². The maximum absolute atomic E-state index is 5.83. The highest BCUT2D eigenvalue weighted by Gasteiger charge is 2.12. The molecule has 0 atom stereocenters. The zero-order valence-electron chi connectivity index (χ0n) is 13.2. The average Bonchev–Trinajstić information content (AvgIpc) is 2.46. The van der Waals surface area contributed by atoms with E-state index in [0.717, 1.165) is 12.2 Å². The molecule has 0 unspecified atom stereocenters. The highest BCUT2D eigenvalue weighted by Crippen LogP contribution is 2.24. The molecule has 0 heterocycles. The maximum Gasteiger partial charge on any atom is 0.119 e. The largest absolute Gasteiger partial charge is 0.489 e. The van der Waals surface area contributed by atoms with Crippen LogP contribution in [-0.4, -0.2) is 6.54 Å². The lowest BCUT2D eigenvalue weighted by atomic mass is 9.87. The van der Waals surface area contributed by atoms with Gasteiger partial charge in [-0.1, -0.05) is 57.2 Å². The van der Waals surface area contributed by atoms with Gasteiger partial charge in [-0.3, -0.25) is 0 Å². The summed E-state index contributed by atoms with van der Waals surface area (Å²) in [6, 6.07) is 16.8. The summed E-state index contributed by atoms with van der Waals surface area (Å²) >= 11 is 0. The van der Waals surface area contributed by atoms with Crippen molar-refractivity contribution in [3.05, 3.63) is 65.2 Å². The van der Waals surface area contributed by atoms with Gasteiger partial charge in [0.25, 0.3) is 0 Å². The van der Waals surface area contributed by atoms with E-state index in [1.807, 2.05) is 12.1 Å². The topological polar surface area (TPSA) is 35.2 Å². The molecule has 112 valence electrons. The number of nitrogens with two attached hydrogens (primary N) is 1. The van der Waals surface area contributed by atoms with Crippen molar-refractivity contribution in [1.29, 1.82) is 0 Å². The van der Waals surface area contributed by atoms with Crippen LogP contribution in [0.25, 0.3) is 0 Å². The molecule has 0 saturated carbocycles.